The Kier molecular flexibility index (Phi) is 0.886. The Morgan fingerprint density at radius 1 is 1.67 bits per heavy atom. The fourth-order valence-electron chi connectivity index (χ4n) is 0.949. The highest BCUT2D eigenvalue weighted by atomic mass is 15.0. The first-order valence-electron chi connectivity index (χ1n) is 2.92. The van der Waals surface area contributed by atoms with Crippen LogP contribution in [-0.2, 0) is 6.42 Å². The van der Waals surface area contributed by atoms with Gasteiger partial charge in [-0.2, -0.15) is 0 Å². The van der Waals surface area contributed by atoms with E-state index in [9.17, 15) is 0 Å². The third-order valence-electron chi connectivity index (χ3n) is 1.38. The van der Waals surface area contributed by atoms with Gasteiger partial charge in [0, 0.05) is 13.0 Å². The molecule has 0 aromatic carbocycles. The van der Waals surface area contributed by atoms with Crippen molar-refractivity contribution >= 4 is 5.82 Å². The Hall–Kier alpha value is -1.12. The van der Waals surface area contributed by atoms with E-state index in [1.54, 1.807) is 6.20 Å². The lowest BCUT2D eigenvalue weighted by Gasteiger charge is -1.91. The van der Waals surface area contributed by atoms with Gasteiger partial charge >= 0.3 is 0 Å². The molecule has 1 aromatic rings. The highest BCUT2D eigenvalue weighted by molar-refractivity contribution is 5.43. The van der Waals surface area contributed by atoms with Gasteiger partial charge in [0.05, 0.1) is 11.9 Å². The Morgan fingerprint density at radius 3 is 3.56 bits per heavy atom. The van der Waals surface area contributed by atoms with Crippen LogP contribution in [0.4, 0.5) is 5.82 Å². The fourth-order valence-corrected chi connectivity index (χ4v) is 0.949. The van der Waals surface area contributed by atoms with Crippen LogP contribution in [0, 0.1) is 6.20 Å². The van der Waals surface area contributed by atoms with Crippen molar-refractivity contribution in [3.8, 4) is 0 Å². The Balaban J connectivity index is 2.54. The molecule has 3 heteroatoms. The highest BCUT2D eigenvalue weighted by Gasteiger charge is 2.09. The Bertz CT molecular complexity index is 198. The number of fused-ring (bicyclic) bond motifs is 1. The van der Waals surface area contributed by atoms with Crippen molar-refractivity contribution in [2.75, 3.05) is 11.9 Å². The van der Waals surface area contributed by atoms with Gasteiger partial charge in [0.1, 0.15) is 12.0 Å². The number of nitrogens with zero attached hydrogens (tertiary/aromatic N) is 2. The van der Waals surface area contributed by atoms with Crippen molar-refractivity contribution in [1.29, 1.82) is 0 Å². The molecule has 0 aliphatic carbocycles. The molecule has 0 saturated carbocycles. The van der Waals surface area contributed by atoms with Crippen molar-refractivity contribution in [2.24, 2.45) is 0 Å². The topological polar surface area (TPSA) is 37.8 Å². The smallest absolute Gasteiger partial charge is 0.147 e. The van der Waals surface area contributed by atoms with E-state index in [0.29, 0.717) is 0 Å². The summed E-state index contributed by atoms with van der Waals surface area (Å²) in [5.41, 5.74) is 1.04. The molecule has 1 aromatic heterocycles. The molecule has 1 radical (unpaired) electrons. The molecular weight excluding hydrogens is 114 g/mol. The first-order chi connectivity index (χ1) is 4.47. The predicted octanol–water partition coefficient (Wildman–Crippen LogP) is 0.245. The zero-order valence-corrected chi connectivity index (χ0v) is 4.89. The maximum Gasteiger partial charge on any atom is 0.147 e. The molecule has 1 aliphatic rings. The molecule has 1 N–H and O–H groups in total. The molecule has 0 atom stereocenters. The summed E-state index contributed by atoms with van der Waals surface area (Å²) in [6, 6.07) is 0. The molecular formula is C6H6N3. The number of rotatable bonds is 0. The van der Waals surface area contributed by atoms with E-state index in [2.05, 4.69) is 21.5 Å². The zero-order valence-electron chi connectivity index (χ0n) is 4.89. The second-order valence-electron chi connectivity index (χ2n) is 1.97. The van der Waals surface area contributed by atoms with Crippen molar-refractivity contribution in [1.82, 2.24) is 9.97 Å². The minimum atomic E-state index is 0.925. The molecule has 3 nitrogen and oxygen atoms in total. The van der Waals surface area contributed by atoms with E-state index in [1.807, 2.05) is 0 Å². The number of anilines is 1. The van der Waals surface area contributed by atoms with E-state index in [1.165, 1.54) is 0 Å². The van der Waals surface area contributed by atoms with Gasteiger partial charge in [-0.3, -0.25) is 0 Å². The molecule has 2 rings (SSSR count). The molecule has 2 heterocycles. The summed E-state index contributed by atoms with van der Waals surface area (Å²) in [4.78, 5) is 8.04. The molecule has 0 unspecified atom stereocenters. The largest absolute Gasteiger partial charge is 0.368 e. The van der Waals surface area contributed by atoms with Crippen LogP contribution in [0.1, 0.15) is 5.69 Å². The summed E-state index contributed by atoms with van der Waals surface area (Å²) in [6.45, 7) is 0.965. The Labute approximate surface area is 53.1 Å². The van der Waals surface area contributed by atoms with Crippen LogP contribution in [0.3, 0.4) is 0 Å². The van der Waals surface area contributed by atoms with Gasteiger partial charge < -0.3 is 5.32 Å². The normalized spacial score (nSPS) is 14.7. The van der Waals surface area contributed by atoms with Crippen LogP contribution in [0.25, 0.3) is 0 Å². The molecule has 45 valence electrons. The fraction of sp³-hybridized carbons (Fsp3) is 0.333. The number of hydrogen-bond acceptors (Lipinski definition) is 3. The Morgan fingerprint density at radius 2 is 2.67 bits per heavy atom. The molecule has 0 saturated heterocycles. The van der Waals surface area contributed by atoms with E-state index in [-0.39, 0.29) is 0 Å². The minimum absolute atomic E-state index is 0.925. The van der Waals surface area contributed by atoms with Crippen LogP contribution in [0.15, 0.2) is 6.20 Å². The molecule has 0 fully saturated rings. The third-order valence-corrected chi connectivity index (χ3v) is 1.38. The minimum Gasteiger partial charge on any atom is -0.368 e. The first-order valence-corrected chi connectivity index (χ1v) is 2.92. The van der Waals surface area contributed by atoms with Gasteiger partial charge in [-0.25, -0.2) is 9.97 Å². The zero-order chi connectivity index (χ0) is 6.10. The lowest BCUT2D eigenvalue weighted by molar-refractivity contribution is 1.03. The van der Waals surface area contributed by atoms with Crippen molar-refractivity contribution < 1.29 is 0 Å². The van der Waals surface area contributed by atoms with E-state index in [4.69, 9.17) is 0 Å². The van der Waals surface area contributed by atoms with Crippen molar-refractivity contribution in [2.45, 2.75) is 6.42 Å². The highest BCUT2D eigenvalue weighted by Crippen LogP contribution is 2.13. The summed E-state index contributed by atoms with van der Waals surface area (Å²) < 4.78 is 0. The van der Waals surface area contributed by atoms with Crippen LogP contribution in [0.2, 0.25) is 0 Å². The molecule has 0 spiro atoms. The number of aromatic nitrogens is 2. The second kappa shape index (κ2) is 1.69. The quantitative estimate of drug-likeness (QED) is 0.533. The van der Waals surface area contributed by atoms with E-state index >= 15 is 0 Å². The van der Waals surface area contributed by atoms with Crippen LogP contribution < -0.4 is 5.32 Å². The standard InChI is InChI=1S/C6H6N3/c1-2-8-6-5(1)7-3-4-9-6/h4H,1-2H2,(H,8,9). The summed E-state index contributed by atoms with van der Waals surface area (Å²) in [5.74, 6) is 0.925. The molecule has 9 heavy (non-hydrogen) atoms. The van der Waals surface area contributed by atoms with Crippen molar-refractivity contribution in [3.63, 3.8) is 0 Å². The van der Waals surface area contributed by atoms with Crippen LogP contribution >= 0.6 is 0 Å². The summed E-state index contributed by atoms with van der Waals surface area (Å²) in [5, 5.41) is 3.11. The molecule has 0 amide bonds. The predicted molar refractivity (Wildman–Crippen MR) is 33.1 cm³/mol. The maximum atomic E-state index is 4.03. The van der Waals surface area contributed by atoms with E-state index in [0.717, 1.165) is 24.5 Å². The van der Waals surface area contributed by atoms with Crippen molar-refractivity contribution in [3.05, 3.63) is 18.1 Å². The maximum absolute atomic E-state index is 4.03. The van der Waals surface area contributed by atoms with Crippen LogP contribution in [-0.4, -0.2) is 16.5 Å². The summed E-state index contributed by atoms with van der Waals surface area (Å²) in [7, 11) is 0. The number of nitrogens with one attached hydrogen (secondary N) is 1. The monoisotopic (exact) mass is 120 g/mol. The van der Waals surface area contributed by atoms with Gasteiger partial charge in [-0.15, -0.1) is 0 Å². The summed E-state index contributed by atoms with van der Waals surface area (Å²) in [6.07, 6.45) is 5.26. The number of hydrogen-bond donors (Lipinski definition) is 1. The lowest BCUT2D eigenvalue weighted by Crippen LogP contribution is -1.92. The van der Waals surface area contributed by atoms with Gasteiger partial charge in [-0.1, -0.05) is 0 Å². The second-order valence-corrected chi connectivity index (χ2v) is 1.97. The lowest BCUT2D eigenvalue weighted by atomic mass is 10.4. The van der Waals surface area contributed by atoms with Gasteiger partial charge in [0.25, 0.3) is 0 Å². The molecule has 0 bridgehead atoms. The molecule has 1 aliphatic heterocycles. The average molecular weight is 120 g/mol. The van der Waals surface area contributed by atoms with Gasteiger partial charge in [-0.05, 0) is 0 Å². The van der Waals surface area contributed by atoms with E-state index < -0.39 is 0 Å². The summed E-state index contributed by atoms with van der Waals surface area (Å²) >= 11 is 0. The van der Waals surface area contributed by atoms with Crippen LogP contribution in [0.5, 0.6) is 0 Å². The first kappa shape index (κ1) is 4.73. The van der Waals surface area contributed by atoms with Gasteiger partial charge in [0.2, 0.25) is 0 Å². The third kappa shape index (κ3) is 0.650. The average Bonchev–Trinajstić information content (AvgIpc) is 2.33. The SMILES string of the molecule is [c]1cnc2c(n1)CCN2. The van der Waals surface area contributed by atoms with Gasteiger partial charge in [0.15, 0.2) is 0 Å².